The smallest absolute Gasteiger partial charge is 0.250 e. The molecule has 0 saturated heterocycles. The molecule has 0 aliphatic rings. The third kappa shape index (κ3) is 4.47. The van der Waals surface area contributed by atoms with E-state index in [9.17, 15) is 4.79 Å². The Morgan fingerprint density at radius 3 is 2.45 bits per heavy atom. The highest BCUT2D eigenvalue weighted by Crippen LogP contribution is 2.36. The van der Waals surface area contributed by atoms with Crippen LogP contribution < -0.4 is 9.85 Å². The van der Waals surface area contributed by atoms with Gasteiger partial charge in [0.25, 0.3) is 8.32 Å². The van der Waals surface area contributed by atoms with Gasteiger partial charge in [-0.2, -0.15) is 0 Å². The normalized spacial score (nSPS) is 12.5. The minimum absolute atomic E-state index is 0.0275. The first kappa shape index (κ1) is 16.9. The van der Waals surface area contributed by atoms with Crippen molar-refractivity contribution in [2.75, 3.05) is 13.9 Å². The summed E-state index contributed by atoms with van der Waals surface area (Å²) in [5.74, 6) is 0.724. The van der Waals surface area contributed by atoms with Gasteiger partial charge in [-0.3, -0.25) is 4.79 Å². The molecule has 20 heavy (non-hydrogen) atoms. The second-order valence-corrected chi connectivity index (χ2v) is 10.9. The Labute approximate surface area is 121 Å². The largest absolute Gasteiger partial charge is 0.539 e. The quantitative estimate of drug-likeness (QED) is 0.459. The SMILES string of the molecule is COCOCc1cc(=O)c(O[Si](C)(C)C(C)(C)C)co1. The first-order valence-corrected chi connectivity index (χ1v) is 9.45. The van der Waals surface area contributed by atoms with E-state index in [1.54, 1.807) is 0 Å². The Morgan fingerprint density at radius 2 is 1.95 bits per heavy atom. The van der Waals surface area contributed by atoms with Crippen molar-refractivity contribution in [2.24, 2.45) is 0 Å². The molecule has 5 nitrogen and oxygen atoms in total. The summed E-state index contributed by atoms with van der Waals surface area (Å²) < 4.78 is 21.2. The van der Waals surface area contributed by atoms with Gasteiger partial charge in [0.2, 0.25) is 5.43 Å². The second-order valence-electron chi connectivity index (χ2n) is 6.19. The highest BCUT2D eigenvalue weighted by molar-refractivity contribution is 6.74. The molecule has 0 radical (unpaired) electrons. The van der Waals surface area contributed by atoms with Crippen molar-refractivity contribution in [3.05, 3.63) is 28.3 Å². The van der Waals surface area contributed by atoms with E-state index in [2.05, 4.69) is 33.9 Å². The Balaban J connectivity index is 2.81. The van der Waals surface area contributed by atoms with Crippen LogP contribution in [0.3, 0.4) is 0 Å². The molecule has 0 aromatic carbocycles. The Bertz CT molecular complexity index is 487. The van der Waals surface area contributed by atoms with Crippen molar-refractivity contribution in [3.63, 3.8) is 0 Å². The standard InChI is InChI=1S/C14H24O5Si/c1-14(2,3)20(5,6)19-13-9-18-11(7-12(13)15)8-17-10-16-4/h7,9H,8,10H2,1-6H3. The van der Waals surface area contributed by atoms with Crippen molar-refractivity contribution in [1.29, 1.82) is 0 Å². The first-order chi connectivity index (χ1) is 9.17. The molecular formula is C14H24O5Si. The summed E-state index contributed by atoms with van der Waals surface area (Å²) in [6, 6.07) is 1.40. The molecule has 6 heteroatoms. The van der Waals surface area contributed by atoms with Crippen LogP contribution in [0.15, 0.2) is 21.5 Å². The molecule has 0 spiro atoms. The molecule has 1 aromatic heterocycles. The lowest BCUT2D eigenvalue weighted by atomic mass is 10.2. The fourth-order valence-corrected chi connectivity index (χ4v) is 2.25. The monoisotopic (exact) mass is 300 g/mol. The van der Waals surface area contributed by atoms with Crippen molar-refractivity contribution >= 4 is 8.32 Å². The maximum atomic E-state index is 12.0. The highest BCUT2D eigenvalue weighted by atomic mass is 28.4. The molecular weight excluding hydrogens is 276 g/mol. The average molecular weight is 300 g/mol. The van der Waals surface area contributed by atoms with E-state index < -0.39 is 8.32 Å². The minimum atomic E-state index is -2.04. The van der Waals surface area contributed by atoms with Gasteiger partial charge in [-0.25, -0.2) is 0 Å². The van der Waals surface area contributed by atoms with Gasteiger partial charge in [0, 0.05) is 13.2 Å². The topological polar surface area (TPSA) is 57.9 Å². The predicted octanol–water partition coefficient (Wildman–Crippen LogP) is 3.14. The number of hydrogen-bond donors (Lipinski definition) is 0. The van der Waals surface area contributed by atoms with E-state index in [1.165, 1.54) is 19.4 Å². The van der Waals surface area contributed by atoms with Crippen LogP contribution in [0.2, 0.25) is 18.1 Å². The van der Waals surface area contributed by atoms with Gasteiger partial charge in [0.1, 0.15) is 25.4 Å². The summed E-state index contributed by atoms with van der Waals surface area (Å²) >= 11 is 0. The van der Waals surface area contributed by atoms with E-state index >= 15 is 0 Å². The molecule has 0 aliphatic heterocycles. The molecule has 0 atom stereocenters. The fourth-order valence-electron chi connectivity index (χ4n) is 1.24. The average Bonchev–Trinajstić information content (AvgIpc) is 2.31. The molecule has 0 amide bonds. The van der Waals surface area contributed by atoms with Crippen LogP contribution in [-0.4, -0.2) is 22.2 Å². The van der Waals surface area contributed by atoms with Gasteiger partial charge in [0.15, 0.2) is 5.75 Å². The molecule has 1 heterocycles. The molecule has 0 fully saturated rings. The van der Waals surface area contributed by atoms with Crippen molar-refractivity contribution in [2.45, 2.75) is 45.5 Å². The van der Waals surface area contributed by atoms with E-state index in [-0.39, 0.29) is 29.6 Å². The van der Waals surface area contributed by atoms with Crippen LogP contribution in [0, 0.1) is 0 Å². The number of hydrogen-bond acceptors (Lipinski definition) is 5. The van der Waals surface area contributed by atoms with Crippen LogP contribution in [0.5, 0.6) is 5.75 Å². The zero-order valence-corrected chi connectivity index (χ0v) is 14.1. The van der Waals surface area contributed by atoms with E-state index in [0.29, 0.717) is 5.76 Å². The summed E-state index contributed by atoms with van der Waals surface area (Å²) in [6.07, 6.45) is 1.37. The van der Waals surface area contributed by atoms with Gasteiger partial charge >= 0.3 is 0 Å². The van der Waals surface area contributed by atoms with Crippen LogP contribution in [-0.2, 0) is 16.1 Å². The van der Waals surface area contributed by atoms with Gasteiger partial charge in [-0.1, -0.05) is 20.8 Å². The van der Waals surface area contributed by atoms with Crippen molar-refractivity contribution in [1.82, 2.24) is 0 Å². The second kappa shape index (κ2) is 6.56. The fraction of sp³-hybridized carbons (Fsp3) is 0.643. The van der Waals surface area contributed by atoms with Gasteiger partial charge in [0.05, 0.1) is 0 Å². The molecule has 0 N–H and O–H groups in total. The minimum Gasteiger partial charge on any atom is -0.539 e. The molecule has 0 bridgehead atoms. The maximum absolute atomic E-state index is 12.0. The van der Waals surface area contributed by atoms with E-state index in [1.807, 2.05) is 0 Å². The van der Waals surface area contributed by atoms with Crippen LogP contribution in [0.25, 0.3) is 0 Å². The third-order valence-corrected chi connectivity index (χ3v) is 7.81. The summed E-state index contributed by atoms with van der Waals surface area (Å²) in [7, 11) is -0.503. The molecule has 114 valence electrons. The zero-order valence-electron chi connectivity index (χ0n) is 13.1. The summed E-state index contributed by atoms with van der Waals surface area (Å²) in [4.78, 5) is 12.0. The summed E-state index contributed by atoms with van der Waals surface area (Å²) in [5.41, 5.74) is -0.183. The lowest BCUT2D eigenvalue weighted by molar-refractivity contribution is -0.0444. The van der Waals surface area contributed by atoms with E-state index in [4.69, 9.17) is 18.3 Å². The summed E-state index contributed by atoms with van der Waals surface area (Å²) in [6.45, 7) is 10.9. The predicted molar refractivity (Wildman–Crippen MR) is 79.5 cm³/mol. The van der Waals surface area contributed by atoms with Crippen LogP contribution in [0.4, 0.5) is 0 Å². The lowest BCUT2D eigenvalue weighted by Gasteiger charge is -2.35. The van der Waals surface area contributed by atoms with Crippen molar-refractivity contribution in [3.8, 4) is 5.75 Å². The van der Waals surface area contributed by atoms with Gasteiger partial charge in [-0.05, 0) is 18.1 Å². The molecule has 0 aliphatic carbocycles. The summed E-state index contributed by atoms with van der Waals surface area (Å²) in [5, 5.41) is 0.0275. The number of methoxy groups -OCH3 is 1. The highest BCUT2D eigenvalue weighted by Gasteiger charge is 2.39. The van der Waals surface area contributed by atoms with Crippen LogP contribution >= 0.6 is 0 Å². The lowest BCUT2D eigenvalue weighted by Crippen LogP contribution is -2.44. The molecule has 1 rings (SSSR count). The number of ether oxygens (including phenoxy) is 2. The van der Waals surface area contributed by atoms with E-state index in [0.717, 1.165) is 0 Å². The first-order valence-electron chi connectivity index (χ1n) is 6.55. The molecule has 0 saturated carbocycles. The Morgan fingerprint density at radius 1 is 1.30 bits per heavy atom. The zero-order chi connectivity index (χ0) is 15.4. The maximum Gasteiger partial charge on any atom is 0.250 e. The van der Waals surface area contributed by atoms with Crippen molar-refractivity contribution < 1.29 is 18.3 Å². The molecule has 1 aromatic rings. The Hall–Kier alpha value is -1.11. The van der Waals surface area contributed by atoms with Gasteiger partial charge < -0.3 is 18.3 Å². The van der Waals surface area contributed by atoms with Crippen LogP contribution in [0.1, 0.15) is 26.5 Å². The number of rotatable bonds is 6. The third-order valence-electron chi connectivity index (χ3n) is 3.47. The van der Waals surface area contributed by atoms with Gasteiger partial charge in [-0.15, -0.1) is 0 Å². The molecule has 0 unspecified atom stereocenters. The Kier molecular flexibility index (Phi) is 5.56.